The normalized spacial score (nSPS) is 18.2. The first-order valence-corrected chi connectivity index (χ1v) is 6.17. The summed E-state index contributed by atoms with van der Waals surface area (Å²) in [6, 6.07) is 7.35. The van der Waals surface area contributed by atoms with Gasteiger partial charge < -0.3 is 9.47 Å². The molecule has 1 aromatic rings. The van der Waals surface area contributed by atoms with Crippen molar-refractivity contribution in [1.82, 2.24) is 0 Å². The zero-order valence-electron chi connectivity index (χ0n) is 9.68. The van der Waals surface area contributed by atoms with Crippen molar-refractivity contribution >= 4 is 33.4 Å². The van der Waals surface area contributed by atoms with Crippen LogP contribution in [-0.2, 0) is 19.1 Å². The third kappa shape index (κ3) is 2.98. The molecule has 5 heteroatoms. The SMILES string of the molecule is CC(=O)OCC1C=C(c2ccc(Br)cc2)C(=O)O1. The van der Waals surface area contributed by atoms with E-state index in [2.05, 4.69) is 15.9 Å². The van der Waals surface area contributed by atoms with Crippen LogP contribution in [0.5, 0.6) is 0 Å². The van der Waals surface area contributed by atoms with Crippen molar-refractivity contribution < 1.29 is 19.1 Å². The predicted molar refractivity (Wildman–Crippen MR) is 68.6 cm³/mol. The summed E-state index contributed by atoms with van der Waals surface area (Å²) in [6.45, 7) is 1.37. The number of carbonyl (C=O) groups is 2. The summed E-state index contributed by atoms with van der Waals surface area (Å²) in [5.74, 6) is -0.786. The van der Waals surface area contributed by atoms with E-state index in [9.17, 15) is 9.59 Å². The van der Waals surface area contributed by atoms with Gasteiger partial charge in [0.2, 0.25) is 0 Å². The van der Waals surface area contributed by atoms with Gasteiger partial charge in [0, 0.05) is 11.4 Å². The molecule has 0 spiro atoms. The van der Waals surface area contributed by atoms with E-state index in [0.29, 0.717) is 5.57 Å². The number of ether oxygens (including phenoxy) is 2. The average Bonchev–Trinajstić information content (AvgIpc) is 2.69. The summed E-state index contributed by atoms with van der Waals surface area (Å²) in [7, 11) is 0. The van der Waals surface area contributed by atoms with E-state index in [0.717, 1.165) is 10.0 Å². The fourth-order valence-corrected chi connectivity index (χ4v) is 1.88. The minimum absolute atomic E-state index is 0.0566. The molecule has 0 radical (unpaired) electrons. The second kappa shape index (κ2) is 5.35. The second-order valence-electron chi connectivity index (χ2n) is 3.83. The minimum atomic E-state index is -0.500. The van der Waals surface area contributed by atoms with Crippen LogP contribution in [0.25, 0.3) is 5.57 Å². The second-order valence-corrected chi connectivity index (χ2v) is 4.75. The van der Waals surface area contributed by atoms with Crippen LogP contribution in [0.3, 0.4) is 0 Å². The van der Waals surface area contributed by atoms with E-state index < -0.39 is 18.0 Å². The van der Waals surface area contributed by atoms with Gasteiger partial charge >= 0.3 is 11.9 Å². The van der Waals surface area contributed by atoms with Gasteiger partial charge in [0.1, 0.15) is 6.61 Å². The Kier molecular flexibility index (Phi) is 3.81. The molecular formula is C13H11BrO4. The first kappa shape index (κ1) is 12.8. The Labute approximate surface area is 113 Å². The van der Waals surface area contributed by atoms with E-state index in [1.807, 2.05) is 24.3 Å². The molecule has 0 aliphatic carbocycles. The third-order valence-electron chi connectivity index (χ3n) is 2.44. The van der Waals surface area contributed by atoms with Gasteiger partial charge in [0.15, 0.2) is 6.10 Å². The topological polar surface area (TPSA) is 52.6 Å². The van der Waals surface area contributed by atoms with Crippen LogP contribution < -0.4 is 0 Å². The largest absolute Gasteiger partial charge is 0.462 e. The highest BCUT2D eigenvalue weighted by atomic mass is 79.9. The highest BCUT2D eigenvalue weighted by molar-refractivity contribution is 9.10. The fraction of sp³-hybridized carbons (Fsp3) is 0.231. The number of esters is 2. The van der Waals surface area contributed by atoms with Crippen molar-refractivity contribution in [2.45, 2.75) is 13.0 Å². The molecule has 0 saturated carbocycles. The van der Waals surface area contributed by atoms with Crippen LogP contribution >= 0.6 is 15.9 Å². The fourth-order valence-electron chi connectivity index (χ4n) is 1.61. The Morgan fingerprint density at radius 2 is 2.06 bits per heavy atom. The lowest BCUT2D eigenvalue weighted by Gasteiger charge is -2.06. The lowest BCUT2D eigenvalue weighted by molar-refractivity contribution is -0.149. The first-order chi connectivity index (χ1) is 8.56. The summed E-state index contributed by atoms with van der Waals surface area (Å²) in [5, 5.41) is 0. The maximum Gasteiger partial charge on any atom is 0.339 e. The molecule has 0 saturated heterocycles. The molecule has 2 rings (SSSR count). The molecule has 94 valence electrons. The van der Waals surface area contributed by atoms with E-state index in [1.165, 1.54) is 6.92 Å². The molecule has 1 unspecified atom stereocenters. The van der Waals surface area contributed by atoms with E-state index >= 15 is 0 Å². The average molecular weight is 311 g/mol. The number of hydrogen-bond donors (Lipinski definition) is 0. The lowest BCUT2D eigenvalue weighted by Crippen LogP contribution is -2.17. The molecule has 1 aliphatic rings. The highest BCUT2D eigenvalue weighted by Crippen LogP contribution is 2.25. The van der Waals surface area contributed by atoms with Crippen molar-refractivity contribution in [3.63, 3.8) is 0 Å². The Morgan fingerprint density at radius 3 is 2.67 bits per heavy atom. The van der Waals surface area contributed by atoms with Crippen molar-refractivity contribution in [3.05, 3.63) is 40.4 Å². The number of carbonyl (C=O) groups excluding carboxylic acids is 2. The summed E-state index contributed by atoms with van der Waals surface area (Å²) >= 11 is 3.33. The molecule has 1 aliphatic heterocycles. The zero-order chi connectivity index (χ0) is 13.1. The number of benzene rings is 1. The maximum absolute atomic E-state index is 11.7. The quantitative estimate of drug-likeness (QED) is 0.804. The Bertz CT molecular complexity index is 504. The summed E-state index contributed by atoms with van der Waals surface area (Å²) in [6.07, 6.45) is 1.18. The van der Waals surface area contributed by atoms with Gasteiger partial charge in [0.05, 0.1) is 5.57 Å². The van der Waals surface area contributed by atoms with Gasteiger partial charge in [-0.1, -0.05) is 28.1 Å². The van der Waals surface area contributed by atoms with Gasteiger partial charge in [-0.05, 0) is 23.8 Å². The van der Waals surface area contributed by atoms with Crippen molar-refractivity contribution in [2.24, 2.45) is 0 Å². The van der Waals surface area contributed by atoms with Crippen molar-refractivity contribution in [1.29, 1.82) is 0 Å². The minimum Gasteiger partial charge on any atom is -0.462 e. The van der Waals surface area contributed by atoms with Crippen molar-refractivity contribution in [2.75, 3.05) is 6.61 Å². The molecule has 0 aromatic heterocycles. The van der Waals surface area contributed by atoms with Gasteiger partial charge in [-0.25, -0.2) is 4.79 Å². The maximum atomic E-state index is 11.7. The van der Waals surface area contributed by atoms with Crippen LogP contribution in [0.1, 0.15) is 12.5 Å². The smallest absolute Gasteiger partial charge is 0.339 e. The van der Waals surface area contributed by atoms with Crippen molar-refractivity contribution in [3.8, 4) is 0 Å². The summed E-state index contributed by atoms with van der Waals surface area (Å²) < 4.78 is 10.8. The molecule has 1 aromatic carbocycles. The molecule has 18 heavy (non-hydrogen) atoms. The highest BCUT2D eigenvalue weighted by Gasteiger charge is 2.27. The van der Waals surface area contributed by atoms with Crippen LogP contribution in [0.4, 0.5) is 0 Å². The third-order valence-corrected chi connectivity index (χ3v) is 2.97. The molecule has 0 N–H and O–H groups in total. The number of hydrogen-bond acceptors (Lipinski definition) is 4. The van der Waals surface area contributed by atoms with E-state index in [-0.39, 0.29) is 6.61 Å². The molecule has 1 atom stereocenters. The number of rotatable bonds is 3. The Hall–Kier alpha value is -1.62. The molecule has 0 fully saturated rings. The predicted octanol–water partition coefficient (Wildman–Crippen LogP) is 2.32. The monoisotopic (exact) mass is 310 g/mol. The van der Waals surface area contributed by atoms with Crippen LogP contribution in [0, 0.1) is 0 Å². The van der Waals surface area contributed by atoms with E-state index in [4.69, 9.17) is 9.47 Å². The number of halogens is 1. The lowest BCUT2D eigenvalue weighted by atomic mass is 10.1. The van der Waals surface area contributed by atoms with Gasteiger partial charge in [-0.2, -0.15) is 0 Å². The molecular weight excluding hydrogens is 300 g/mol. The van der Waals surface area contributed by atoms with Gasteiger partial charge in [0.25, 0.3) is 0 Å². The van der Waals surface area contributed by atoms with Crippen LogP contribution in [-0.4, -0.2) is 24.6 Å². The van der Waals surface area contributed by atoms with Gasteiger partial charge in [-0.15, -0.1) is 0 Å². The number of cyclic esters (lactones) is 1. The zero-order valence-corrected chi connectivity index (χ0v) is 11.3. The molecule has 0 amide bonds. The molecule has 1 heterocycles. The Morgan fingerprint density at radius 1 is 1.39 bits per heavy atom. The summed E-state index contributed by atoms with van der Waals surface area (Å²) in [5.41, 5.74) is 1.29. The molecule has 0 bridgehead atoms. The first-order valence-electron chi connectivity index (χ1n) is 5.38. The van der Waals surface area contributed by atoms with Crippen LogP contribution in [0.2, 0.25) is 0 Å². The van der Waals surface area contributed by atoms with Gasteiger partial charge in [-0.3, -0.25) is 4.79 Å². The standard InChI is InChI=1S/C13H11BrO4/c1-8(15)17-7-11-6-12(13(16)18-11)9-2-4-10(14)5-3-9/h2-6,11H,7H2,1H3. The summed E-state index contributed by atoms with van der Waals surface area (Å²) in [4.78, 5) is 22.4. The van der Waals surface area contributed by atoms with E-state index in [1.54, 1.807) is 6.08 Å². The van der Waals surface area contributed by atoms with Crippen LogP contribution in [0.15, 0.2) is 34.8 Å². The Balaban J connectivity index is 2.12. The molecule has 4 nitrogen and oxygen atoms in total.